The van der Waals surface area contributed by atoms with Gasteiger partial charge in [0.05, 0.1) is 0 Å². The molecule has 0 bridgehead atoms. The highest BCUT2D eigenvalue weighted by Crippen LogP contribution is 2.22. The van der Waals surface area contributed by atoms with Gasteiger partial charge in [0.2, 0.25) is 0 Å². The Balaban J connectivity index is 2.46. The van der Waals surface area contributed by atoms with Gasteiger partial charge in [0, 0.05) is 23.3 Å². The fourth-order valence-electron chi connectivity index (χ4n) is 1.54. The summed E-state index contributed by atoms with van der Waals surface area (Å²) in [5.41, 5.74) is 3.79. The van der Waals surface area contributed by atoms with Crippen LogP contribution in [0, 0.1) is 0 Å². The topological polar surface area (TPSA) is 30.0 Å². The molecule has 2 rings (SSSR count). The number of nitrogens with zero attached hydrogens (tertiary/aromatic N) is 1. The largest absolute Gasteiger partial charge is 0.298 e. The van der Waals surface area contributed by atoms with Gasteiger partial charge in [0.15, 0.2) is 6.29 Å². The van der Waals surface area contributed by atoms with Gasteiger partial charge in [-0.2, -0.15) is 0 Å². The van der Waals surface area contributed by atoms with Gasteiger partial charge in [-0.15, -0.1) is 0 Å². The molecule has 0 unspecified atom stereocenters. The van der Waals surface area contributed by atoms with E-state index in [0.717, 1.165) is 22.7 Å². The van der Waals surface area contributed by atoms with Gasteiger partial charge in [0.25, 0.3) is 0 Å². The fourth-order valence-corrected chi connectivity index (χ4v) is 1.91. The summed E-state index contributed by atoms with van der Waals surface area (Å²) in [5.74, 6) is 0. The lowest BCUT2D eigenvalue weighted by atomic mass is 10.0. The predicted octanol–water partition coefficient (Wildman–Crippen LogP) is 3.46. The van der Waals surface area contributed by atoms with Crippen molar-refractivity contribution in [2.75, 3.05) is 0 Å². The highest BCUT2D eigenvalue weighted by atomic mass is 79.9. The number of pyridine rings is 1. The molecule has 0 aliphatic carbocycles. The normalized spacial score (nSPS) is 10.1. The molecular formula is C13H10BrNO. The van der Waals surface area contributed by atoms with Crippen LogP contribution in [0.1, 0.15) is 15.9 Å². The minimum atomic E-state index is 0.620. The number of hydrogen-bond acceptors (Lipinski definition) is 2. The standard InChI is InChI=1S/C13H10BrNO/c14-7-10-1-3-11(4-2-10)13-5-6-15-8-12(13)9-16/h1-6,8-9H,7H2. The van der Waals surface area contributed by atoms with E-state index in [1.54, 1.807) is 12.4 Å². The Hall–Kier alpha value is -1.48. The number of hydrogen-bond donors (Lipinski definition) is 0. The summed E-state index contributed by atoms with van der Waals surface area (Å²) in [5, 5.41) is 0.837. The molecule has 0 atom stereocenters. The molecule has 16 heavy (non-hydrogen) atoms. The molecule has 0 aliphatic heterocycles. The summed E-state index contributed by atoms with van der Waals surface area (Å²) in [6.07, 6.45) is 4.11. The summed E-state index contributed by atoms with van der Waals surface area (Å²) >= 11 is 3.40. The maximum atomic E-state index is 10.9. The first-order valence-corrected chi connectivity index (χ1v) is 6.02. The monoisotopic (exact) mass is 275 g/mol. The van der Waals surface area contributed by atoms with Crippen molar-refractivity contribution >= 4 is 22.2 Å². The first-order valence-electron chi connectivity index (χ1n) is 4.89. The van der Waals surface area contributed by atoms with Gasteiger partial charge >= 0.3 is 0 Å². The number of carbonyl (C=O) groups excluding carboxylic acids is 1. The van der Waals surface area contributed by atoms with Crippen LogP contribution in [-0.4, -0.2) is 11.3 Å². The molecule has 1 aromatic heterocycles. The van der Waals surface area contributed by atoms with E-state index in [0.29, 0.717) is 5.56 Å². The van der Waals surface area contributed by atoms with E-state index < -0.39 is 0 Å². The lowest BCUT2D eigenvalue weighted by Gasteiger charge is -2.04. The maximum Gasteiger partial charge on any atom is 0.152 e. The number of aromatic nitrogens is 1. The average molecular weight is 276 g/mol. The van der Waals surface area contributed by atoms with Crippen LogP contribution in [0.3, 0.4) is 0 Å². The van der Waals surface area contributed by atoms with E-state index in [1.807, 2.05) is 30.3 Å². The van der Waals surface area contributed by atoms with Crippen molar-refractivity contribution in [2.24, 2.45) is 0 Å². The zero-order chi connectivity index (χ0) is 11.4. The molecule has 3 heteroatoms. The lowest BCUT2D eigenvalue weighted by Crippen LogP contribution is -1.89. The van der Waals surface area contributed by atoms with Gasteiger partial charge in [0.1, 0.15) is 0 Å². The zero-order valence-corrected chi connectivity index (χ0v) is 10.1. The number of carbonyl (C=O) groups is 1. The number of halogens is 1. The molecule has 0 radical (unpaired) electrons. The second-order valence-electron chi connectivity index (χ2n) is 3.41. The number of alkyl halides is 1. The van der Waals surface area contributed by atoms with Gasteiger partial charge in [-0.1, -0.05) is 40.2 Å². The smallest absolute Gasteiger partial charge is 0.152 e. The average Bonchev–Trinajstić information content (AvgIpc) is 2.39. The molecule has 0 N–H and O–H groups in total. The molecular weight excluding hydrogens is 266 g/mol. The van der Waals surface area contributed by atoms with Crippen molar-refractivity contribution in [3.63, 3.8) is 0 Å². The molecule has 0 saturated heterocycles. The van der Waals surface area contributed by atoms with Crippen molar-refractivity contribution in [3.05, 3.63) is 53.9 Å². The third-order valence-corrected chi connectivity index (χ3v) is 3.05. The predicted molar refractivity (Wildman–Crippen MR) is 67.7 cm³/mol. The summed E-state index contributed by atoms with van der Waals surface area (Å²) in [7, 11) is 0. The van der Waals surface area contributed by atoms with E-state index in [1.165, 1.54) is 5.56 Å². The van der Waals surface area contributed by atoms with Crippen LogP contribution in [0.15, 0.2) is 42.7 Å². The van der Waals surface area contributed by atoms with Crippen LogP contribution in [-0.2, 0) is 5.33 Å². The van der Waals surface area contributed by atoms with Crippen LogP contribution in [0.2, 0.25) is 0 Å². The summed E-state index contributed by atoms with van der Waals surface area (Å²) in [4.78, 5) is 14.8. The van der Waals surface area contributed by atoms with Gasteiger partial charge < -0.3 is 0 Å². The molecule has 2 aromatic rings. The van der Waals surface area contributed by atoms with Crippen molar-refractivity contribution in [3.8, 4) is 11.1 Å². The SMILES string of the molecule is O=Cc1cnccc1-c1ccc(CBr)cc1. The highest BCUT2D eigenvalue weighted by Gasteiger charge is 2.03. The maximum absolute atomic E-state index is 10.9. The van der Waals surface area contributed by atoms with Gasteiger partial charge in [-0.05, 0) is 22.8 Å². The minimum Gasteiger partial charge on any atom is -0.298 e. The Kier molecular flexibility index (Phi) is 3.47. The summed E-state index contributed by atoms with van der Waals surface area (Å²) in [6, 6.07) is 9.96. The second kappa shape index (κ2) is 5.03. The molecule has 80 valence electrons. The van der Waals surface area contributed by atoms with E-state index in [-0.39, 0.29) is 0 Å². The molecule has 1 aromatic carbocycles. The molecule has 0 aliphatic rings. The van der Waals surface area contributed by atoms with E-state index in [9.17, 15) is 4.79 Å². The Labute approximate surface area is 102 Å². The van der Waals surface area contributed by atoms with E-state index in [2.05, 4.69) is 20.9 Å². The summed E-state index contributed by atoms with van der Waals surface area (Å²) < 4.78 is 0. The third kappa shape index (κ3) is 2.19. The highest BCUT2D eigenvalue weighted by molar-refractivity contribution is 9.08. The Bertz CT molecular complexity index is 494. The van der Waals surface area contributed by atoms with Crippen molar-refractivity contribution in [1.29, 1.82) is 0 Å². The van der Waals surface area contributed by atoms with E-state index >= 15 is 0 Å². The van der Waals surface area contributed by atoms with Crippen molar-refractivity contribution in [2.45, 2.75) is 5.33 Å². The van der Waals surface area contributed by atoms with Crippen molar-refractivity contribution < 1.29 is 4.79 Å². The lowest BCUT2D eigenvalue weighted by molar-refractivity contribution is 0.112. The second-order valence-corrected chi connectivity index (χ2v) is 3.97. The van der Waals surface area contributed by atoms with E-state index in [4.69, 9.17) is 0 Å². The number of aldehydes is 1. The fraction of sp³-hybridized carbons (Fsp3) is 0.0769. The van der Waals surface area contributed by atoms with Crippen LogP contribution >= 0.6 is 15.9 Å². The Morgan fingerprint density at radius 3 is 2.56 bits per heavy atom. The minimum absolute atomic E-state index is 0.620. The van der Waals surface area contributed by atoms with Gasteiger partial charge in [-0.3, -0.25) is 9.78 Å². The molecule has 1 heterocycles. The first-order chi connectivity index (χ1) is 7.85. The Morgan fingerprint density at radius 1 is 1.19 bits per heavy atom. The molecule has 0 amide bonds. The summed E-state index contributed by atoms with van der Waals surface area (Å²) in [6.45, 7) is 0. The van der Waals surface area contributed by atoms with Crippen LogP contribution in [0.4, 0.5) is 0 Å². The molecule has 0 fully saturated rings. The van der Waals surface area contributed by atoms with Crippen LogP contribution in [0.25, 0.3) is 11.1 Å². The first kappa shape index (κ1) is 11.0. The molecule has 2 nitrogen and oxygen atoms in total. The van der Waals surface area contributed by atoms with Crippen LogP contribution < -0.4 is 0 Å². The Morgan fingerprint density at radius 2 is 1.94 bits per heavy atom. The molecule has 0 saturated carbocycles. The number of benzene rings is 1. The van der Waals surface area contributed by atoms with Gasteiger partial charge in [-0.25, -0.2) is 0 Å². The number of rotatable bonds is 3. The third-order valence-electron chi connectivity index (χ3n) is 2.40. The van der Waals surface area contributed by atoms with Crippen LogP contribution in [0.5, 0.6) is 0 Å². The molecule has 0 spiro atoms. The zero-order valence-electron chi connectivity index (χ0n) is 8.56. The quantitative estimate of drug-likeness (QED) is 0.634. The van der Waals surface area contributed by atoms with Crippen molar-refractivity contribution in [1.82, 2.24) is 4.98 Å².